The summed E-state index contributed by atoms with van der Waals surface area (Å²) in [5, 5.41) is 3.35. The van der Waals surface area contributed by atoms with Crippen molar-refractivity contribution in [3.05, 3.63) is 65.2 Å². The minimum Gasteiger partial charge on any atom is -0.384 e. The smallest absolute Gasteiger partial charge is 0.179 e. The van der Waals surface area contributed by atoms with Gasteiger partial charge in [0.25, 0.3) is 0 Å². The highest BCUT2D eigenvalue weighted by molar-refractivity contribution is 6.00. The second-order valence-electron chi connectivity index (χ2n) is 6.84. The molecule has 0 aromatic heterocycles. The molecule has 2 aromatic rings. The van der Waals surface area contributed by atoms with E-state index in [0.29, 0.717) is 6.04 Å². The summed E-state index contributed by atoms with van der Waals surface area (Å²) >= 11 is 0. The lowest BCUT2D eigenvalue weighted by Crippen LogP contribution is -2.42. The normalized spacial score (nSPS) is 14.5. The van der Waals surface area contributed by atoms with Gasteiger partial charge < -0.3 is 5.32 Å². The van der Waals surface area contributed by atoms with Crippen LogP contribution in [0.4, 0.5) is 5.69 Å². The SMILES string of the molecule is CC(C)N(Cc1ccccc1)C(C)C(=O)c1ccc2c(c1)CCN2. The first kappa shape index (κ1) is 16.7. The average molecular weight is 322 g/mol. The molecular formula is C21H26N2O. The van der Waals surface area contributed by atoms with Crippen LogP contribution in [0, 0.1) is 0 Å². The first-order valence-corrected chi connectivity index (χ1v) is 8.77. The highest BCUT2D eigenvalue weighted by Crippen LogP contribution is 2.24. The number of fused-ring (bicyclic) bond motifs is 1. The Bertz CT molecular complexity index is 709. The van der Waals surface area contributed by atoms with E-state index in [1.807, 2.05) is 37.3 Å². The molecule has 1 unspecified atom stereocenters. The van der Waals surface area contributed by atoms with E-state index in [9.17, 15) is 4.79 Å². The Morgan fingerprint density at radius 1 is 1.12 bits per heavy atom. The summed E-state index contributed by atoms with van der Waals surface area (Å²) in [6.45, 7) is 8.09. The van der Waals surface area contributed by atoms with Gasteiger partial charge in [-0.15, -0.1) is 0 Å². The van der Waals surface area contributed by atoms with Gasteiger partial charge in [-0.25, -0.2) is 0 Å². The molecule has 2 aromatic carbocycles. The second kappa shape index (κ2) is 7.18. The van der Waals surface area contributed by atoms with Crippen LogP contribution >= 0.6 is 0 Å². The quantitative estimate of drug-likeness (QED) is 0.811. The molecule has 0 aliphatic carbocycles. The van der Waals surface area contributed by atoms with Crippen molar-refractivity contribution in [1.82, 2.24) is 4.90 Å². The predicted molar refractivity (Wildman–Crippen MR) is 99.5 cm³/mol. The zero-order valence-electron chi connectivity index (χ0n) is 14.8. The number of rotatable bonds is 6. The van der Waals surface area contributed by atoms with Crippen molar-refractivity contribution >= 4 is 11.5 Å². The Kier molecular flexibility index (Phi) is 5.00. The molecule has 0 saturated carbocycles. The first-order valence-electron chi connectivity index (χ1n) is 8.77. The van der Waals surface area contributed by atoms with Crippen molar-refractivity contribution in [1.29, 1.82) is 0 Å². The predicted octanol–water partition coefficient (Wildman–Crippen LogP) is 4.14. The Hall–Kier alpha value is -2.13. The Morgan fingerprint density at radius 2 is 1.88 bits per heavy atom. The lowest BCUT2D eigenvalue weighted by atomic mass is 9.99. The van der Waals surface area contributed by atoms with Gasteiger partial charge in [-0.1, -0.05) is 30.3 Å². The van der Waals surface area contributed by atoms with Crippen molar-refractivity contribution < 1.29 is 4.79 Å². The van der Waals surface area contributed by atoms with E-state index in [0.717, 1.165) is 25.1 Å². The summed E-state index contributed by atoms with van der Waals surface area (Å²) in [6, 6.07) is 16.6. The highest BCUT2D eigenvalue weighted by atomic mass is 16.1. The number of hydrogen-bond donors (Lipinski definition) is 1. The number of Topliss-reactive ketones (excluding diaryl/α,β-unsaturated/α-hetero) is 1. The summed E-state index contributed by atoms with van der Waals surface area (Å²) < 4.78 is 0. The molecule has 24 heavy (non-hydrogen) atoms. The zero-order valence-corrected chi connectivity index (χ0v) is 14.8. The van der Waals surface area contributed by atoms with Gasteiger partial charge in [0, 0.05) is 30.4 Å². The van der Waals surface area contributed by atoms with Gasteiger partial charge >= 0.3 is 0 Å². The molecule has 1 N–H and O–H groups in total. The lowest BCUT2D eigenvalue weighted by Gasteiger charge is -2.32. The molecule has 3 rings (SSSR count). The number of carbonyl (C=O) groups is 1. The van der Waals surface area contributed by atoms with Crippen LogP contribution in [0.5, 0.6) is 0 Å². The van der Waals surface area contributed by atoms with Crippen molar-refractivity contribution in [3.8, 4) is 0 Å². The van der Waals surface area contributed by atoms with E-state index in [1.165, 1.54) is 16.8 Å². The fraction of sp³-hybridized carbons (Fsp3) is 0.381. The van der Waals surface area contributed by atoms with Gasteiger partial charge in [-0.05, 0) is 56.5 Å². The number of hydrogen-bond acceptors (Lipinski definition) is 3. The zero-order chi connectivity index (χ0) is 17.1. The largest absolute Gasteiger partial charge is 0.384 e. The summed E-state index contributed by atoms with van der Waals surface area (Å²) in [5.41, 5.74) is 4.49. The van der Waals surface area contributed by atoms with Gasteiger partial charge in [0.15, 0.2) is 5.78 Å². The molecule has 3 nitrogen and oxygen atoms in total. The Balaban J connectivity index is 1.79. The molecule has 1 aliphatic heterocycles. The Labute approximate surface area is 144 Å². The van der Waals surface area contributed by atoms with E-state index in [4.69, 9.17) is 0 Å². The standard InChI is InChI=1S/C21H26N2O/c1-15(2)23(14-17-7-5-4-6-8-17)16(3)21(24)19-9-10-20-18(13-19)11-12-22-20/h4-10,13,15-16,22H,11-12,14H2,1-3H3. The fourth-order valence-corrected chi connectivity index (χ4v) is 3.41. The van der Waals surface area contributed by atoms with E-state index in [-0.39, 0.29) is 11.8 Å². The molecular weight excluding hydrogens is 296 g/mol. The molecule has 1 heterocycles. The maximum atomic E-state index is 13.0. The minimum atomic E-state index is -0.141. The third-order valence-electron chi connectivity index (χ3n) is 4.85. The third kappa shape index (κ3) is 3.51. The van der Waals surface area contributed by atoms with Crippen molar-refractivity contribution in [2.24, 2.45) is 0 Å². The van der Waals surface area contributed by atoms with Crippen LogP contribution in [0.3, 0.4) is 0 Å². The van der Waals surface area contributed by atoms with E-state index < -0.39 is 0 Å². The minimum absolute atomic E-state index is 0.141. The van der Waals surface area contributed by atoms with Crippen LogP contribution in [-0.2, 0) is 13.0 Å². The van der Waals surface area contributed by atoms with Crippen LogP contribution in [0.15, 0.2) is 48.5 Å². The topological polar surface area (TPSA) is 32.3 Å². The highest BCUT2D eigenvalue weighted by Gasteiger charge is 2.25. The van der Waals surface area contributed by atoms with Crippen LogP contribution in [0.2, 0.25) is 0 Å². The summed E-state index contributed by atoms with van der Waals surface area (Å²) in [4.78, 5) is 15.3. The lowest BCUT2D eigenvalue weighted by molar-refractivity contribution is 0.0772. The molecule has 0 saturated heterocycles. The third-order valence-corrected chi connectivity index (χ3v) is 4.85. The van der Waals surface area contributed by atoms with Crippen molar-refractivity contribution in [2.75, 3.05) is 11.9 Å². The number of nitrogens with one attached hydrogen (secondary N) is 1. The Morgan fingerprint density at radius 3 is 2.58 bits per heavy atom. The van der Waals surface area contributed by atoms with Crippen LogP contribution < -0.4 is 5.32 Å². The molecule has 1 atom stereocenters. The molecule has 0 spiro atoms. The molecule has 126 valence electrons. The molecule has 1 aliphatic rings. The number of anilines is 1. The van der Waals surface area contributed by atoms with E-state index in [2.05, 4.69) is 42.3 Å². The van der Waals surface area contributed by atoms with Crippen molar-refractivity contribution in [2.45, 2.75) is 45.8 Å². The summed E-state index contributed by atoms with van der Waals surface area (Å²) in [7, 11) is 0. The molecule has 0 bridgehead atoms. The maximum Gasteiger partial charge on any atom is 0.179 e. The van der Waals surface area contributed by atoms with Gasteiger partial charge in [-0.3, -0.25) is 9.69 Å². The molecule has 3 heteroatoms. The molecule has 0 radical (unpaired) electrons. The molecule has 0 fully saturated rings. The van der Waals surface area contributed by atoms with Gasteiger partial charge in [0.2, 0.25) is 0 Å². The summed E-state index contributed by atoms with van der Waals surface area (Å²) in [6.07, 6.45) is 1.00. The average Bonchev–Trinajstić information content (AvgIpc) is 3.06. The fourth-order valence-electron chi connectivity index (χ4n) is 3.41. The van der Waals surface area contributed by atoms with Crippen LogP contribution in [-0.4, -0.2) is 29.3 Å². The van der Waals surface area contributed by atoms with Crippen molar-refractivity contribution in [3.63, 3.8) is 0 Å². The number of carbonyl (C=O) groups excluding carboxylic acids is 1. The van der Waals surface area contributed by atoms with E-state index in [1.54, 1.807) is 0 Å². The van der Waals surface area contributed by atoms with Crippen LogP contribution in [0.25, 0.3) is 0 Å². The monoisotopic (exact) mass is 322 g/mol. The van der Waals surface area contributed by atoms with E-state index >= 15 is 0 Å². The van der Waals surface area contributed by atoms with Gasteiger partial charge in [0.1, 0.15) is 0 Å². The number of ketones is 1. The molecule has 0 amide bonds. The second-order valence-corrected chi connectivity index (χ2v) is 6.84. The number of nitrogens with zero attached hydrogens (tertiary/aromatic N) is 1. The van der Waals surface area contributed by atoms with Gasteiger partial charge in [-0.2, -0.15) is 0 Å². The van der Waals surface area contributed by atoms with Gasteiger partial charge in [0.05, 0.1) is 6.04 Å². The number of benzene rings is 2. The van der Waals surface area contributed by atoms with Crippen LogP contribution in [0.1, 0.15) is 42.3 Å². The maximum absolute atomic E-state index is 13.0. The summed E-state index contributed by atoms with van der Waals surface area (Å²) in [5.74, 6) is 0.203. The first-order chi connectivity index (χ1) is 11.6.